The van der Waals surface area contributed by atoms with Gasteiger partial charge in [0.05, 0.1) is 5.69 Å². The molecule has 0 amide bonds. The van der Waals surface area contributed by atoms with Crippen LogP contribution in [0.3, 0.4) is 0 Å². The number of nitrogen functional groups attached to an aromatic ring is 1. The SMILES string of the molecule is Cc1ccc(S(=O)(=O)N2CCN(C(C)(C)C)CC2)c(N)c1. The molecule has 6 heteroatoms. The van der Waals surface area contributed by atoms with E-state index in [9.17, 15) is 8.42 Å². The highest BCUT2D eigenvalue weighted by atomic mass is 32.2. The molecule has 118 valence electrons. The Morgan fingerprint density at radius 3 is 2.14 bits per heavy atom. The first kappa shape index (κ1) is 16.3. The van der Waals surface area contributed by atoms with Crippen LogP contribution in [0.5, 0.6) is 0 Å². The maximum Gasteiger partial charge on any atom is 0.245 e. The van der Waals surface area contributed by atoms with Gasteiger partial charge in [-0.15, -0.1) is 0 Å². The normalized spacial score (nSPS) is 18.9. The Labute approximate surface area is 127 Å². The first-order valence-electron chi connectivity index (χ1n) is 7.24. The highest BCUT2D eigenvalue weighted by Gasteiger charge is 2.32. The van der Waals surface area contributed by atoms with Crippen molar-refractivity contribution in [3.8, 4) is 0 Å². The van der Waals surface area contributed by atoms with Crippen molar-refractivity contribution >= 4 is 15.7 Å². The van der Waals surface area contributed by atoms with Crippen molar-refractivity contribution in [2.75, 3.05) is 31.9 Å². The van der Waals surface area contributed by atoms with E-state index in [1.54, 1.807) is 18.2 Å². The van der Waals surface area contributed by atoms with Gasteiger partial charge in [0.1, 0.15) is 4.90 Å². The second-order valence-corrected chi connectivity index (χ2v) is 8.51. The van der Waals surface area contributed by atoms with Crippen LogP contribution in [0.2, 0.25) is 0 Å². The lowest BCUT2D eigenvalue weighted by Crippen LogP contribution is -2.54. The van der Waals surface area contributed by atoms with Gasteiger partial charge >= 0.3 is 0 Å². The molecule has 0 radical (unpaired) electrons. The molecular weight excluding hydrogens is 286 g/mol. The number of anilines is 1. The fourth-order valence-corrected chi connectivity index (χ4v) is 4.16. The molecule has 21 heavy (non-hydrogen) atoms. The summed E-state index contributed by atoms with van der Waals surface area (Å²) in [6.07, 6.45) is 0. The van der Waals surface area contributed by atoms with Gasteiger partial charge in [-0.3, -0.25) is 4.90 Å². The Morgan fingerprint density at radius 2 is 1.67 bits per heavy atom. The maximum absolute atomic E-state index is 12.7. The van der Waals surface area contributed by atoms with Crippen LogP contribution in [0.15, 0.2) is 23.1 Å². The molecule has 2 N–H and O–H groups in total. The van der Waals surface area contributed by atoms with Gasteiger partial charge < -0.3 is 5.73 Å². The molecule has 1 aromatic rings. The molecule has 0 unspecified atom stereocenters. The number of aryl methyl sites for hydroxylation is 1. The van der Waals surface area contributed by atoms with Crippen molar-refractivity contribution in [3.63, 3.8) is 0 Å². The zero-order valence-electron chi connectivity index (χ0n) is 13.3. The lowest BCUT2D eigenvalue weighted by molar-refractivity contribution is 0.0922. The average Bonchev–Trinajstić information content (AvgIpc) is 2.37. The van der Waals surface area contributed by atoms with Gasteiger partial charge in [-0.05, 0) is 45.4 Å². The minimum absolute atomic E-state index is 0.0682. The van der Waals surface area contributed by atoms with Gasteiger partial charge in [0.15, 0.2) is 0 Å². The zero-order chi connectivity index (χ0) is 15.8. The Kier molecular flexibility index (Phi) is 4.33. The summed E-state index contributed by atoms with van der Waals surface area (Å²) < 4.78 is 26.9. The zero-order valence-corrected chi connectivity index (χ0v) is 14.1. The Bertz CT molecular complexity index is 612. The lowest BCUT2D eigenvalue weighted by atomic mass is 10.1. The van der Waals surface area contributed by atoms with Gasteiger partial charge in [0, 0.05) is 31.7 Å². The van der Waals surface area contributed by atoms with E-state index in [0.29, 0.717) is 18.8 Å². The summed E-state index contributed by atoms with van der Waals surface area (Å²) in [6.45, 7) is 10.8. The summed E-state index contributed by atoms with van der Waals surface area (Å²) in [5.74, 6) is 0. The summed E-state index contributed by atoms with van der Waals surface area (Å²) in [5, 5.41) is 0. The topological polar surface area (TPSA) is 66.6 Å². The highest BCUT2D eigenvalue weighted by molar-refractivity contribution is 7.89. The van der Waals surface area contributed by atoms with Crippen molar-refractivity contribution in [2.24, 2.45) is 0 Å². The van der Waals surface area contributed by atoms with Crippen molar-refractivity contribution in [1.29, 1.82) is 0 Å². The summed E-state index contributed by atoms with van der Waals surface area (Å²) in [6, 6.07) is 5.10. The number of piperazine rings is 1. The van der Waals surface area contributed by atoms with E-state index in [-0.39, 0.29) is 10.4 Å². The molecule has 0 atom stereocenters. The second-order valence-electron chi connectivity index (χ2n) is 6.60. The quantitative estimate of drug-likeness (QED) is 0.844. The molecule has 5 nitrogen and oxygen atoms in total. The van der Waals surface area contributed by atoms with Gasteiger partial charge in [-0.1, -0.05) is 6.07 Å². The standard InChI is InChI=1S/C15H25N3O2S/c1-12-5-6-14(13(16)11-12)21(19,20)18-9-7-17(8-10-18)15(2,3)4/h5-6,11H,7-10,16H2,1-4H3. The van der Waals surface area contributed by atoms with E-state index in [2.05, 4.69) is 25.7 Å². The molecule has 1 aliphatic rings. The van der Waals surface area contributed by atoms with Crippen LogP contribution in [0.1, 0.15) is 26.3 Å². The average molecular weight is 311 g/mol. The maximum atomic E-state index is 12.7. The van der Waals surface area contributed by atoms with Crippen LogP contribution in [-0.2, 0) is 10.0 Å². The monoisotopic (exact) mass is 311 g/mol. The summed E-state index contributed by atoms with van der Waals surface area (Å²) in [4.78, 5) is 2.52. The van der Waals surface area contributed by atoms with Crippen LogP contribution < -0.4 is 5.73 Å². The van der Waals surface area contributed by atoms with E-state index in [1.165, 1.54) is 4.31 Å². The first-order chi connectivity index (χ1) is 9.62. The molecule has 1 aliphatic heterocycles. The predicted molar refractivity (Wildman–Crippen MR) is 85.7 cm³/mol. The summed E-state index contributed by atoms with van der Waals surface area (Å²) >= 11 is 0. The third kappa shape index (κ3) is 3.39. The summed E-state index contributed by atoms with van der Waals surface area (Å²) in [7, 11) is -3.50. The van der Waals surface area contributed by atoms with Crippen LogP contribution >= 0.6 is 0 Å². The highest BCUT2D eigenvalue weighted by Crippen LogP contribution is 2.25. The van der Waals surface area contributed by atoms with E-state index in [1.807, 2.05) is 6.92 Å². The molecular formula is C15H25N3O2S. The number of rotatable bonds is 2. The predicted octanol–water partition coefficient (Wildman–Crippen LogP) is 1.68. The fourth-order valence-electron chi connectivity index (χ4n) is 2.64. The van der Waals surface area contributed by atoms with Gasteiger partial charge in [0.2, 0.25) is 10.0 Å². The van der Waals surface area contributed by atoms with Crippen LogP contribution in [0.4, 0.5) is 5.69 Å². The van der Waals surface area contributed by atoms with Gasteiger partial charge in [-0.25, -0.2) is 8.42 Å². The fraction of sp³-hybridized carbons (Fsp3) is 0.600. The largest absolute Gasteiger partial charge is 0.398 e. The van der Waals surface area contributed by atoms with Gasteiger partial charge in [0.25, 0.3) is 0 Å². The molecule has 2 rings (SSSR count). The summed E-state index contributed by atoms with van der Waals surface area (Å²) in [5.41, 5.74) is 7.25. The first-order valence-corrected chi connectivity index (χ1v) is 8.68. The van der Waals surface area contributed by atoms with Crippen molar-refractivity contribution in [2.45, 2.75) is 38.1 Å². The van der Waals surface area contributed by atoms with Gasteiger partial charge in [-0.2, -0.15) is 4.31 Å². The third-order valence-corrected chi connectivity index (χ3v) is 5.94. The van der Waals surface area contributed by atoms with E-state index in [0.717, 1.165) is 18.7 Å². The minimum Gasteiger partial charge on any atom is -0.398 e. The Hall–Kier alpha value is -1.11. The minimum atomic E-state index is -3.50. The second kappa shape index (κ2) is 5.59. The number of benzene rings is 1. The molecule has 0 saturated carbocycles. The van der Waals surface area contributed by atoms with Crippen LogP contribution in [0.25, 0.3) is 0 Å². The Balaban J connectivity index is 2.19. The van der Waals surface area contributed by atoms with E-state index in [4.69, 9.17) is 5.73 Å². The smallest absolute Gasteiger partial charge is 0.245 e. The molecule has 0 aromatic heterocycles. The van der Waals surface area contributed by atoms with Crippen LogP contribution in [-0.4, -0.2) is 49.3 Å². The molecule has 0 aliphatic carbocycles. The van der Waals surface area contributed by atoms with Crippen molar-refractivity contribution in [3.05, 3.63) is 23.8 Å². The number of sulfonamides is 1. The molecule has 1 saturated heterocycles. The number of hydrogen-bond donors (Lipinski definition) is 1. The van der Waals surface area contributed by atoms with Crippen LogP contribution in [0, 0.1) is 6.92 Å². The third-order valence-electron chi connectivity index (χ3n) is 3.97. The van der Waals surface area contributed by atoms with E-state index >= 15 is 0 Å². The molecule has 0 spiro atoms. The number of nitrogens with two attached hydrogens (primary N) is 1. The van der Waals surface area contributed by atoms with Crippen molar-refractivity contribution < 1.29 is 8.42 Å². The molecule has 0 bridgehead atoms. The molecule has 1 heterocycles. The molecule has 1 fully saturated rings. The number of nitrogens with zero attached hydrogens (tertiary/aromatic N) is 2. The van der Waals surface area contributed by atoms with E-state index < -0.39 is 10.0 Å². The Morgan fingerprint density at radius 1 is 1.10 bits per heavy atom. The van der Waals surface area contributed by atoms with Crippen molar-refractivity contribution in [1.82, 2.24) is 9.21 Å². The number of hydrogen-bond acceptors (Lipinski definition) is 4. The molecule has 1 aromatic carbocycles. The lowest BCUT2D eigenvalue weighted by Gasteiger charge is -2.41.